The van der Waals surface area contributed by atoms with E-state index in [1.165, 1.54) is 30.0 Å². The van der Waals surface area contributed by atoms with Gasteiger partial charge in [0.2, 0.25) is 10.0 Å². The van der Waals surface area contributed by atoms with Crippen molar-refractivity contribution in [1.82, 2.24) is 4.72 Å². The third kappa shape index (κ3) is 4.11. The first-order valence-corrected chi connectivity index (χ1v) is 8.86. The molecule has 110 valence electrons. The molecule has 0 fully saturated rings. The van der Waals surface area contributed by atoms with Crippen LogP contribution in [0.3, 0.4) is 0 Å². The fourth-order valence-corrected chi connectivity index (χ4v) is 4.12. The minimum Gasteiger partial charge on any atom is -0.395 e. The Kier molecular flexibility index (Phi) is 6.30. The van der Waals surface area contributed by atoms with Crippen LogP contribution in [0.25, 0.3) is 0 Å². The molecule has 1 aromatic carbocycles. The van der Waals surface area contributed by atoms with Crippen LogP contribution < -0.4 is 4.72 Å². The van der Waals surface area contributed by atoms with Crippen molar-refractivity contribution in [3.8, 4) is 6.07 Å². The molecule has 8 heteroatoms. The average molecular weight is 335 g/mol. The molecule has 0 amide bonds. The third-order valence-electron chi connectivity index (χ3n) is 2.73. The van der Waals surface area contributed by atoms with Crippen molar-refractivity contribution in [3.05, 3.63) is 28.8 Å². The Balaban J connectivity index is 3.09. The molecule has 0 saturated heterocycles. The summed E-state index contributed by atoms with van der Waals surface area (Å²) in [6.07, 6.45) is 1.79. The van der Waals surface area contributed by atoms with Gasteiger partial charge in [-0.05, 0) is 31.4 Å². The largest absolute Gasteiger partial charge is 0.395 e. The van der Waals surface area contributed by atoms with E-state index in [4.69, 9.17) is 16.9 Å². The van der Waals surface area contributed by atoms with Crippen molar-refractivity contribution >= 4 is 33.4 Å². The van der Waals surface area contributed by atoms with Gasteiger partial charge >= 0.3 is 0 Å². The SMILES string of the molecule is CSC(CO)C(C)NS(=O)(=O)c1cc(C#N)ccc1Cl. The topological polar surface area (TPSA) is 90.2 Å². The first-order chi connectivity index (χ1) is 9.35. The van der Waals surface area contributed by atoms with Crippen LogP contribution in [-0.2, 0) is 10.0 Å². The third-order valence-corrected chi connectivity index (χ3v) is 5.93. The van der Waals surface area contributed by atoms with E-state index in [0.29, 0.717) is 0 Å². The standard InChI is InChI=1S/C12H15ClN2O3S2/c1-8(11(7-16)19-2)15-20(17,18)12-5-9(6-14)3-4-10(12)13/h3-5,8,11,15-16H,7H2,1-2H3. The van der Waals surface area contributed by atoms with E-state index in [2.05, 4.69) is 4.72 Å². The van der Waals surface area contributed by atoms with Crippen LogP contribution in [0.5, 0.6) is 0 Å². The smallest absolute Gasteiger partial charge is 0.242 e. The van der Waals surface area contributed by atoms with E-state index >= 15 is 0 Å². The molecule has 5 nitrogen and oxygen atoms in total. The van der Waals surface area contributed by atoms with Gasteiger partial charge < -0.3 is 5.11 Å². The van der Waals surface area contributed by atoms with Gasteiger partial charge in [0.05, 0.1) is 23.3 Å². The lowest BCUT2D eigenvalue weighted by molar-refractivity contribution is 0.282. The molecule has 0 radical (unpaired) electrons. The summed E-state index contributed by atoms with van der Waals surface area (Å²) in [5, 5.41) is 17.8. The molecule has 0 aromatic heterocycles. The van der Waals surface area contributed by atoms with Gasteiger partial charge in [-0.25, -0.2) is 13.1 Å². The normalized spacial score (nSPS) is 14.6. The van der Waals surface area contributed by atoms with Gasteiger partial charge in [-0.2, -0.15) is 17.0 Å². The molecule has 0 bridgehead atoms. The minimum atomic E-state index is -3.85. The summed E-state index contributed by atoms with van der Waals surface area (Å²) in [4.78, 5) is -0.136. The maximum absolute atomic E-state index is 12.3. The molecule has 0 aliphatic heterocycles. The Morgan fingerprint density at radius 3 is 2.70 bits per heavy atom. The first kappa shape index (κ1) is 17.3. The molecular weight excluding hydrogens is 320 g/mol. The second kappa shape index (κ2) is 7.29. The van der Waals surface area contributed by atoms with Crippen LogP contribution in [0, 0.1) is 11.3 Å². The molecule has 0 aliphatic carbocycles. The van der Waals surface area contributed by atoms with Gasteiger partial charge in [-0.1, -0.05) is 11.6 Å². The molecule has 2 unspecified atom stereocenters. The van der Waals surface area contributed by atoms with E-state index in [1.807, 2.05) is 6.07 Å². The average Bonchev–Trinajstić information content (AvgIpc) is 2.39. The summed E-state index contributed by atoms with van der Waals surface area (Å²) in [6.45, 7) is 1.52. The number of hydrogen-bond acceptors (Lipinski definition) is 5. The molecule has 0 saturated carbocycles. The Hall–Kier alpha value is -0.780. The van der Waals surface area contributed by atoms with Gasteiger partial charge in [0.1, 0.15) is 4.90 Å². The lowest BCUT2D eigenvalue weighted by Gasteiger charge is -2.21. The highest BCUT2D eigenvalue weighted by Crippen LogP contribution is 2.23. The fraction of sp³-hybridized carbons (Fsp3) is 0.417. The highest BCUT2D eigenvalue weighted by atomic mass is 35.5. The highest BCUT2D eigenvalue weighted by Gasteiger charge is 2.25. The van der Waals surface area contributed by atoms with Crippen molar-refractivity contribution in [2.75, 3.05) is 12.9 Å². The van der Waals surface area contributed by atoms with Crippen LogP contribution in [-0.4, -0.2) is 37.7 Å². The van der Waals surface area contributed by atoms with E-state index in [0.717, 1.165) is 0 Å². The summed E-state index contributed by atoms with van der Waals surface area (Å²) < 4.78 is 27.0. The van der Waals surface area contributed by atoms with Gasteiger partial charge in [0, 0.05) is 11.3 Å². The number of aliphatic hydroxyl groups excluding tert-OH is 1. The molecular formula is C12H15ClN2O3S2. The number of nitriles is 1. The van der Waals surface area contributed by atoms with Crippen LogP contribution in [0.4, 0.5) is 0 Å². The number of benzene rings is 1. The Morgan fingerprint density at radius 2 is 2.20 bits per heavy atom. The summed E-state index contributed by atoms with van der Waals surface area (Å²) in [5.41, 5.74) is 0.214. The summed E-state index contributed by atoms with van der Waals surface area (Å²) in [5.74, 6) is 0. The first-order valence-electron chi connectivity index (χ1n) is 5.71. The molecule has 0 heterocycles. The van der Waals surface area contributed by atoms with Gasteiger partial charge in [-0.3, -0.25) is 0 Å². The molecule has 2 N–H and O–H groups in total. The van der Waals surface area contributed by atoms with Crippen LogP contribution >= 0.6 is 23.4 Å². The maximum Gasteiger partial charge on any atom is 0.242 e. The predicted octanol–water partition coefficient (Wildman–Crippen LogP) is 1.60. The minimum absolute atomic E-state index is 0.0494. The van der Waals surface area contributed by atoms with Crippen molar-refractivity contribution in [3.63, 3.8) is 0 Å². The second-order valence-electron chi connectivity index (χ2n) is 4.12. The summed E-state index contributed by atoms with van der Waals surface area (Å²) in [7, 11) is -3.85. The van der Waals surface area contributed by atoms with Crippen molar-refractivity contribution in [2.24, 2.45) is 0 Å². The molecule has 0 aliphatic rings. The lowest BCUT2D eigenvalue weighted by Crippen LogP contribution is -2.41. The maximum atomic E-state index is 12.3. The van der Waals surface area contributed by atoms with E-state index in [-0.39, 0.29) is 27.3 Å². The highest BCUT2D eigenvalue weighted by molar-refractivity contribution is 7.99. The Morgan fingerprint density at radius 1 is 1.55 bits per heavy atom. The molecule has 1 rings (SSSR count). The summed E-state index contributed by atoms with van der Waals surface area (Å²) >= 11 is 7.25. The number of nitrogens with one attached hydrogen (secondary N) is 1. The Labute approximate surface area is 128 Å². The van der Waals surface area contributed by atoms with Crippen LogP contribution in [0.1, 0.15) is 12.5 Å². The van der Waals surface area contributed by atoms with Gasteiger partial charge in [0.15, 0.2) is 0 Å². The summed E-state index contributed by atoms with van der Waals surface area (Å²) in [6, 6.07) is 5.45. The number of aliphatic hydroxyl groups is 1. The molecule has 1 aromatic rings. The number of sulfonamides is 1. The predicted molar refractivity (Wildman–Crippen MR) is 80.3 cm³/mol. The van der Waals surface area contributed by atoms with Gasteiger partial charge in [0.25, 0.3) is 0 Å². The van der Waals surface area contributed by atoms with Crippen LogP contribution in [0.15, 0.2) is 23.1 Å². The second-order valence-corrected chi connectivity index (χ2v) is 7.29. The molecule has 2 atom stereocenters. The van der Waals surface area contributed by atoms with E-state index < -0.39 is 16.1 Å². The van der Waals surface area contributed by atoms with Crippen molar-refractivity contribution < 1.29 is 13.5 Å². The fourth-order valence-electron chi connectivity index (χ4n) is 1.60. The number of hydrogen-bond donors (Lipinski definition) is 2. The van der Waals surface area contributed by atoms with Crippen molar-refractivity contribution in [2.45, 2.75) is 23.1 Å². The number of thioether (sulfide) groups is 1. The van der Waals surface area contributed by atoms with E-state index in [1.54, 1.807) is 13.2 Å². The zero-order chi connectivity index (χ0) is 15.3. The van der Waals surface area contributed by atoms with Crippen LogP contribution in [0.2, 0.25) is 5.02 Å². The zero-order valence-corrected chi connectivity index (χ0v) is 13.4. The van der Waals surface area contributed by atoms with E-state index in [9.17, 15) is 13.5 Å². The lowest BCUT2D eigenvalue weighted by atomic mass is 10.2. The van der Waals surface area contributed by atoms with Crippen molar-refractivity contribution in [1.29, 1.82) is 5.26 Å². The number of halogens is 1. The van der Waals surface area contributed by atoms with Gasteiger partial charge in [-0.15, -0.1) is 0 Å². The monoisotopic (exact) mass is 334 g/mol. The quantitative estimate of drug-likeness (QED) is 0.824. The molecule has 20 heavy (non-hydrogen) atoms. The number of nitrogens with zero attached hydrogens (tertiary/aromatic N) is 1. The number of rotatable bonds is 6. The zero-order valence-electron chi connectivity index (χ0n) is 11.0. The Bertz CT molecular complexity index is 610. The molecule has 0 spiro atoms.